The Bertz CT molecular complexity index is 666. The van der Waals surface area contributed by atoms with Gasteiger partial charge in [0.05, 0.1) is 19.7 Å². The van der Waals surface area contributed by atoms with Gasteiger partial charge in [-0.15, -0.1) is 0 Å². The fourth-order valence-electron chi connectivity index (χ4n) is 2.94. The summed E-state index contributed by atoms with van der Waals surface area (Å²) in [5, 5.41) is 2.34. The summed E-state index contributed by atoms with van der Waals surface area (Å²) >= 11 is 0. The van der Waals surface area contributed by atoms with E-state index in [9.17, 15) is 0 Å². The van der Waals surface area contributed by atoms with Gasteiger partial charge in [-0.05, 0) is 23.9 Å². The molecule has 4 heteroatoms. The van der Waals surface area contributed by atoms with Crippen LogP contribution in [0.25, 0.3) is 10.8 Å². The van der Waals surface area contributed by atoms with Crippen LogP contribution in [0.1, 0.15) is 18.5 Å². The van der Waals surface area contributed by atoms with Crippen molar-refractivity contribution in [3.8, 4) is 5.75 Å². The van der Waals surface area contributed by atoms with E-state index in [0.29, 0.717) is 5.96 Å². The monoisotopic (exact) mass is 269 g/mol. The van der Waals surface area contributed by atoms with Gasteiger partial charge in [-0.1, -0.05) is 30.3 Å². The van der Waals surface area contributed by atoms with Gasteiger partial charge in [-0.2, -0.15) is 0 Å². The van der Waals surface area contributed by atoms with Crippen molar-refractivity contribution in [3.05, 3.63) is 42.0 Å². The molecule has 2 aromatic rings. The van der Waals surface area contributed by atoms with E-state index in [1.54, 1.807) is 7.11 Å². The lowest BCUT2D eigenvalue weighted by Crippen LogP contribution is -2.35. The lowest BCUT2D eigenvalue weighted by atomic mass is 9.97. The minimum Gasteiger partial charge on any atom is -0.496 e. The SMILES string of the molecule is CCN1C(N)=NCC1c1ccc(OC)c2ccccc12. The molecule has 0 radical (unpaired) electrons. The third-order valence-corrected chi connectivity index (χ3v) is 3.93. The van der Waals surface area contributed by atoms with Crippen molar-refractivity contribution < 1.29 is 4.74 Å². The first kappa shape index (κ1) is 12.8. The van der Waals surface area contributed by atoms with E-state index in [0.717, 1.165) is 24.2 Å². The number of nitrogens with zero attached hydrogens (tertiary/aromatic N) is 2. The highest BCUT2D eigenvalue weighted by atomic mass is 16.5. The summed E-state index contributed by atoms with van der Waals surface area (Å²) in [5.74, 6) is 1.54. The molecule has 104 valence electrons. The van der Waals surface area contributed by atoms with E-state index in [4.69, 9.17) is 10.5 Å². The lowest BCUT2D eigenvalue weighted by molar-refractivity contribution is 0.366. The van der Waals surface area contributed by atoms with Crippen molar-refractivity contribution in [2.75, 3.05) is 20.2 Å². The Hall–Kier alpha value is -2.23. The Balaban J connectivity index is 2.14. The van der Waals surface area contributed by atoms with E-state index in [1.165, 1.54) is 10.9 Å². The molecule has 0 fully saturated rings. The Morgan fingerprint density at radius 2 is 2.00 bits per heavy atom. The normalized spacial score (nSPS) is 18.4. The van der Waals surface area contributed by atoms with Crippen LogP contribution in [0.4, 0.5) is 0 Å². The van der Waals surface area contributed by atoms with Gasteiger partial charge < -0.3 is 15.4 Å². The van der Waals surface area contributed by atoms with Crippen LogP contribution in [0.2, 0.25) is 0 Å². The molecule has 0 aromatic heterocycles. The molecule has 4 nitrogen and oxygen atoms in total. The Labute approximate surface area is 118 Å². The smallest absolute Gasteiger partial charge is 0.191 e. The second-order valence-electron chi connectivity index (χ2n) is 4.90. The summed E-state index contributed by atoms with van der Waals surface area (Å²) in [7, 11) is 1.70. The molecule has 2 aromatic carbocycles. The number of fused-ring (bicyclic) bond motifs is 1. The molecule has 1 aliphatic rings. The van der Waals surface area contributed by atoms with Crippen LogP contribution in [0.3, 0.4) is 0 Å². The third kappa shape index (κ3) is 1.88. The summed E-state index contributed by atoms with van der Waals surface area (Å²) < 4.78 is 5.45. The van der Waals surface area contributed by atoms with Gasteiger partial charge >= 0.3 is 0 Å². The lowest BCUT2D eigenvalue weighted by Gasteiger charge is -2.26. The molecule has 0 amide bonds. The zero-order valence-corrected chi connectivity index (χ0v) is 11.8. The van der Waals surface area contributed by atoms with Crippen LogP contribution in [0, 0.1) is 0 Å². The van der Waals surface area contributed by atoms with Crippen LogP contribution in [0.15, 0.2) is 41.4 Å². The maximum atomic E-state index is 5.97. The van der Waals surface area contributed by atoms with Crippen molar-refractivity contribution in [2.45, 2.75) is 13.0 Å². The van der Waals surface area contributed by atoms with Gasteiger partial charge in [0.15, 0.2) is 5.96 Å². The molecular formula is C16H19N3O. The number of hydrogen-bond donors (Lipinski definition) is 1. The molecular weight excluding hydrogens is 250 g/mol. The molecule has 2 N–H and O–H groups in total. The Kier molecular flexibility index (Phi) is 3.22. The maximum absolute atomic E-state index is 5.97. The number of likely N-dealkylation sites (N-methyl/N-ethyl adjacent to an activating group) is 1. The van der Waals surface area contributed by atoms with Crippen molar-refractivity contribution in [3.63, 3.8) is 0 Å². The molecule has 1 aliphatic heterocycles. The largest absolute Gasteiger partial charge is 0.496 e. The van der Waals surface area contributed by atoms with Crippen LogP contribution in [0.5, 0.6) is 5.75 Å². The topological polar surface area (TPSA) is 50.8 Å². The van der Waals surface area contributed by atoms with Crippen LogP contribution in [-0.4, -0.2) is 31.1 Å². The Morgan fingerprint density at radius 1 is 1.25 bits per heavy atom. The molecule has 0 aliphatic carbocycles. The van der Waals surface area contributed by atoms with E-state index >= 15 is 0 Å². The van der Waals surface area contributed by atoms with Crippen LogP contribution < -0.4 is 10.5 Å². The second-order valence-corrected chi connectivity index (χ2v) is 4.90. The fraction of sp³-hybridized carbons (Fsp3) is 0.312. The molecule has 0 spiro atoms. The first-order valence-corrected chi connectivity index (χ1v) is 6.88. The van der Waals surface area contributed by atoms with Gasteiger partial charge in [0.25, 0.3) is 0 Å². The molecule has 0 saturated heterocycles. The molecule has 3 rings (SSSR count). The highest BCUT2D eigenvalue weighted by molar-refractivity contribution is 5.92. The van der Waals surface area contributed by atoms with Crippen molar-refractivity contribution in [2.24, 2.45) is 10.7 Å². The predicted octanol–water partition coefficient (Wildman–Crippen LogP) is 2.54. The second kappa shape index (κ2) is 5.04. The van der Waals surface area contributed by atoms with Crippen molar-refractivity contribution in [1.29, 1.82) is 0 Å². The number of methoxy groups -OCH3 is 1. The fourth-order valence-corrected chi connectivity index (χ4v) is 2.94. The maximum Gasteiger partial charge on any atom is 0.191 e. The average molecular weight is 269 g/mol. The summed E-state index contributed by atoms with van der Waals surface area (Å²) in [4.78, 5) is 6.53. The predicted molar refractivity (Wildman–Crippen MR) is 82.1 cm³/mol. The van der Waals surface area contributed by atoms with Gasteiger partial charge in [0.1, 0.15) is 5.75 Å². The van der Waals surface area contributed by atoms with Crippen LogP contribution >= 0.6 is 0 Å². The van der Waals surface area contributed by atoms with Gasteiger partial charge in [-0.25, -0.2) is 0 Å². The number of hydrogen-bond acceptors (Lipinski definition) is 4. The van der Waals surface area contributed by atoms with E-state index in [2.05, 4.69) is 41.1 Å². The molecule has 1 heterocycles. The number of ether oxygens (including phenoxy) is 1. The Morgan fingerprint density at radius 3 is 2.70 bits per heavy atom. The minimum atomic E-state index is 0.218. The molecule has 20 heavy (non-hydrogen) atoms. The van der Waals surface area contributed by atoms with Gasteiger partial charge in [-0.3, -0.25) is 4.99 Å². The van der Waals surface area contributed by atoms with E-state index < -0.39 is 0 Å². The number of benzene rings is 2. The van der Waals surface area contributed by atoms with Gasteiger partial charge in [0.2, 0.25) is 0 Å². The summed E-state index contributed by atoms with van der Waals surface area (Å²) in [6.45, 7) is 3.68. The first-order valence-electron chi connectivity index (χ1n) is 6.88. The van der Waals surface area contributed by atoms with Crippen molar-refractivity contribution >= 4 is 16.7 Å². The quantitative estimate of drug-likeness (QED) is 0.931. The van der Waals surface area contributed by atoms with Crippen LogP contribution in [-0.2, 0) is 0 Å². The molecule has 0 saturated carbocycles. The average Bonchev–Trinajstić information content (AvgIpc) is 2.86. The number of nitrogens with two attached hydrogens (primary N) is 1. The highest BCUT2D eigenvalue weighted by Gasteiger charge is 2.27. The zero-order chi connectivity index (χ0) is 14.1. The summed E-state index contributed by atoms with van der Waals surface area (Å²) in [5.41, 5.74) is 7.23. The van der Waals surface area contributed by atoms with Gasteiger partial charge in [0, 0.05) is 11.9 Å². The standard InChI is InChI=1S/C16H19N3O/c1-3-19-14(10-18-16(19)17)12-8-9-15(20-2)13-7-5-4-6-11(12)13/h4-9,14H,3,10H2,1-2H3,(H2,17,18). The molecule has 0 bridgehead atoms. The molecule has 1 unspecified atom stereocenters. The minimum absolute atomic E-state index is 0.218. The summed E-state index contributed by atoms with van der Waals surface area (Å²) in [6, 6.07) is 12.7. The van der Waals surface area contributed by atoms with Crippen molar-refractivity contribution in [1.82, 2.24) is 4.90 Å². The number of guanidine groups is 1. The highest BCUT2D eigenvalue weighted by Crippen LogP contribution is 2.35. The summed E-state index contributed by atoms with van der Waals surface area (Å²) in [6.07, 6.45) is 0. The third-order valence-electron chi connectivity index (χ3n) is 3.93. The zero-order valence-electron chi connectivity index (χ0n) is 11.8. The van der Waals surface area contributed by atoms with E-state index in [1.807, 2.05) is 12.1 Å². The first-order chi connectivity index (χ1) is 9.76. The number of aliphatic imine (C=N–C) groups is 1. The number of rotatable bonds is 3. The molecule has 1 atom stereocenters. The van der Waals surface area contributed by atoms with E-state index in [-0.39, 0.29) is 6.04 Å².